The van der Waals surface area contributed by atoms with Crippen LogP contribution in [0.3, 0.4) is 0 Å². The van der Waals surface area contributed by atoms with E-state index in [9.17, 15) is 0 Å². The molecule has 0 bridgehead atoms. The fourth-order valence-corrected chi connectivity index (χ4v) is 3.18. The number of halogens is 2. The van der Waals surface area contributed by atoms with E-state index in [0.29, 0.717) is 21.7 Å². The van der Waals surface area contributed by atoms with E-state index in [1.54, 1.807) is 6.07 Å². The molecule has 0 amide bonds. The van der Waals surface area contributed by atoms with Gasteiger partial charge < -0.3 is 5.32 Å². The molecule has 1 aromatic heterocycles. The lowest BCUT2D eigenvalue weighted by molar-refractivity contribution is 1.22. The Morgan fingerprint density at radius 1 is 0.720 bits per heavy atom. The predicted octanol–water partition coefficient (Wildman–Crippen LogP) is 6.35. The average Bonchev–Trinajstić information content (AvgIpc) is 2.61. The van der Waals surface area contributed by atoms with Crippen molar-refractivity contribution in [1.82, 2.24) is 9.97 Å². The molecule has 0 unspecified atom stereocenters. The molecule has 0 spiro atoms. The van der Waals surface area contributed by atoms with E-state index < -0.39 is 0 Å². The summed E-state index contributed by atoms with van der Waals surface area (Å²) >= 11 is 12.2. The Kier molecular flexibility index (Phi) is 4.26. The number of anilines is 2. The van der Waals surface area contributed by atoms with E-state index in [2.05, 4.69) is 10.3 Å². The SMILES string of the molecule is Clc1cc(Cl)cc(Nc2nc(-c3ccccc3)nc3ccccc23)c1. The maximum atomic E-state index is 6.10. The first-order valence-electron chi connectivity index (χ1n) is 7.74. The lowest BCUT2D eigenvalue weighted by atomic mass is 10.2. The third kappa shape index (κ3) is 3.43. The van der Waals surface area contributed by atoms with Crippen LogP contribution in [0.2, 0.25) is 10.0 Å². The van der Waals surface area contributed by atoms with Crippen molar-refractivity contribution < 1.29 is 0 Å². The molecule has 0 aliphatic heterocycles. The van der Waals surface area contributed by atoms with Crippen molar-refractivity contribution >= 4 is 45.6 Å². The van der Waals surface area contributed by atoms with Crippen LogP contribution in [-0.4, -0.2) is 9.97 Å². The number of rotatable bonds is 3. The Morgan fingerprint density at radius 3 is 2.16 bits per heavy atom. The smallest absolute Gasteiger partial charge is 0.162 e. The topological polar surface area (TPSA) is 37.8 Å². The second-order valence-electron chi connectivity index (χ2n) is 5.56. The second kappa shape index (κ2) is 6.71. The Labute approximate surface area is 155 Å². The highest BCUT2D eigenvalue weighted by atomic mass is 35.5. The predicted molar refractivity (Wildman–Crippen MR) is 105 cm³/mol. The van der Waals surface area contributed by atoms with Gasteiger partial charge in [0.05, 0.1) is 5.52 Å². The summed E-state index contributed by atoms with van der Waals surface area (Å²) in [4.78, 5) is 9.40. The number of nitrogens with one attached hydrogen (secondary N) is 1. The van der Waals surface area contributed by atoms with Gasteiger partial charge in [0.25, 0.3) is 0 Å². The zero-order valence-corrected chi connectivity index (χ0v) is 14.6. The lowest BCUT2D eigenvalue weighted by Gasteiger charge is -2.11. The van der Waals surface area contributed by atoms with Crippen molar-refractivity contribution in [2.75, 3.05) is 5.32 Å². The molecule has 5 heteroatoms. The van der Waals surface area contributed by atoms with Gasteiger partial charge in [-0.05, 0) is 30.3 Å². The van der Waals surface area contributed by atoms with Gasteiger partial charge in [-0.1, -0.05) is 65.7 Å². The third-order valence-corrected chi connectivity index (χ3v) is 4.20. The van der Waals surface area contributed by atoms with Gasteiger partial charge in [0.15, 0.2) is 5.82 Å². The maximum Gasteiger partial charge on any atom is 0.162 e. The minimum atomic E-state index is 0.566. The minimum Gasteiger partial charge on any atom is -0.340 e. The summed E-state index contributed by atoms with van der Waals surface area (Å²) in [5, 5.41) is 5.38. The van der Waals surface area contributed by atoms with Crippen molar-refractivity contribution in [1.29, 1.82) is 0 Å². The van der Waals surface area contributed by atoms with Gasteiger partial charge in [0, 0.05) is 26.7 Å². The second-order valence-corrected chi connectivity index (χ2v) is 6.43. The van der Waals surface area contributed by atoms with Crippen LogP contribution in [0.4, 0.5) is 11.5 Å². The first-order valence-corrected chi connectivity index (χ1v) is 8.50. The number of para-hydroxylation sites is 1. The highest BCUT2D eigenvalue weighted by Crippen LogP contribution is 2.29. The van der Waals surface area contributed by atoms with Gasteiger partial charge in [-0.15, -0.1) is 0 Å². The third-order valence-electron chi connectivity index (χ3n) is 3.76. The summed E-state index contributed by atoms with van der Waals surface area (Å²) in [6, 6.07) is 23.1. The normalized spacial score (nSPS) is 10.8. The van der Waals surface area contributed by atoms with E-state index in [1.807, 2.05) is 66.7 Å². The van der Waals surface area contributed by atoms with Gasteiger partial charge in [0.1, 0.15) is 5.82 Å². The van der Waals surface area contributed by atoms with Crippen molar-refractivity contribution in [3.8, 4) is 11.4 Å². The Balaban J connectivity index is 1.86. The van der Waals surface area contributed by atoms with Crippen molar-refractivity contribution in [2.24, 2.45) is 0 Å². The highest BCUT2D eigenvalue weighted by Gasteiger charge is 2.10. The van der Waals surface area contributed by atoms with Crippen molar-refractivity contribution in [3.05, 3.63) is 82.8 Å². The first kappa shape index (κ1) is 15.9. The van der Waals surface area contributed by atoms with Crippen LogP contribution in [0.5, 0.6) is 0 Å². The highest BCUT2D eigenvalue weighted by molar-refractivity contribution is 6.35. The van der Waals surface area contributed by atoms with E-state index >= 15 is 0 Å². The molecular weight excluding hydrogens is 353 g/mol. The molecule has 0 saturated carbocycles. The number of aromatic nitrogens is 2. The molecule has 3 nitrogen and oxygen atoms in total. The minimum absolute atomic E-state index is 0.566. The molecule has 1 heterocycles. The van der Waals surface area contributed by atoms with Crippen molar-refractivity contribution in [2.45, 2.75) is 0 Å². The summed E-state index contributed by atoms with van der Waals surface area (Å²) in [5.74, 6) is 1.37. The maximum absolute atomic E-state index is 6.10. The summed E-state index contributed by atoms with van der Waals surface area (Å²) in [7, 11) is 0. The molecule has 0 saturated heterocycles. The molecule has 25 heavy (non-hydrogen) atoms. The lowest BCUT2D eigenvalue weighted by Crippen LogP contribution is -1.99. The molecule has 3 aromatic carbocycles. The molecule has 4 rings (SSSR count). The average molecular weight is 366 g/mol. The van der Waals surface area contributed by atoms with Crippen molar-refractivity contribution in [3.63, 3.8) is 0 Å². The summed E-state index contributed by atoms with van der Waals surface area (Å²) in [6.45, 7) is 0. The van der Waals surface area contributed by atoms with Crippen LogP contribution < -0.4 is 5.32 Å². The largest absolute Gasteiger partial charge is 0.340 e. The van der Waals surface area contributed by atoms with Crippen LogP contribution in [0, 0.1) is 0 Å². The van der Waals surface area contributed by atoms with Gasteiger partial charge in [-0.2, -0.15) is 0 Å². The first-order chi connectivity index (χ1) is 12.2. The molecule has 4 aromatic rings. The Hall–Kier alpha value is -2.62. The molecule has 0 fully saturated rings. The van der Waals surface area contributed by atoms with Gasteiger partial charge in [-0.25, -0.2) is 9.97 Å². The van der Waals surface area contributed by atoms with Crippen LogP contribution in [-0.2, 0) is 0 Å². The Bertz CT molecular complexity index is 1030. The van der Waals surface area contributed by atoms with Gasteiger partial charge in [-0.3, -0.25) is 0 Å². The van der Waals surface area contributed by atoms with Crippen LogP contribution in [0.25, 0.3) is 22.3 Å². The van der Waals surface area contributed by atoms with Crippen LogP contribution >= 0.6 is 23.2 Å². The number of benzene rings is 3. The van der Waals surface area contributed by atoms with Gasteiger partial charge in [0.2, 0.25) is 0 Å². The van der Waals surface area contributed by atoms with E-state index in [0.717, 1.165) is 22.2 Å². The van der Waals surface area contributed by atoms with Crippen LogP contribution in [0.15, 0.2) is 72.8 Å². The molecule has 0 radical (unpaired) electrons. The van der Waals surface area contributed by atoms with E-state index in [1.165, 1.54) is 0 Å². The summed E-state index contributed by atoms with van der Waals surface area (Å²) in [6.07, 6.45) is 0. The number of hydrogen-bond acceptors (Lipinski definition) is 3. The van der Waals surface area contributed by atoms with E-state index in [-0.39, 0.29) is 0 Å². The molecule has 1 N–H and O–H groups in total. The summed E-state index contributed by atoms with van der Waals surface area (Å²) in [5.41, 5.74) is 2.60. The standard InChI is InChI=1S/C20H13Cl2N3/c21-14-10-15(22)12-16(11-14)23-20-17-8-4-5-9-18(17)24-19(25-20)13-6-2-1-3-7-13/h1-12H,(H,23,24,25). The zero-order chi connectivity index (χ0) is 17.2. The number of hydrogen-bond donors (Lipinski definition) is 1. The number of nitrogens with zero attached hydrogens (tertiary/aromatic N) is 2. The van der Waals surface area contributed by atoms with Gasteiger partial charge >= 0.3 is 0 Å². The molecule has 0 atom stereocenters. The fraction of sp³-hybridized carbons (Fsp3) is 0. The monoisotopic (exact) mass is 365 g/mol. The van der Waals surface area contributed by atoms with E-state index in [4.69, 9.17) is 28.2 Å². The fourth-order valence-electron chi connectivity index (χ4n) is 2.65. The Morgan fingerprint density at radius 2 is 1.40 bits per heavy atom. The molecule has 0 aliphatic rings. The molecular formula is C20H13Cl2N3. The summed E-state index contributed by atoms with van der Waals surface area (Å²) < 4.78 is 0. The quantitative estimate of drug-likeness (QED) is 0.459. The number of fused-ring (bicyclic) bond motifs is 1. The molecule has 122 valence electrons. The molecule has 0 aliphatic carbocycles. The van der Waals surface area contributed by atoms with Crippen LogP contribution in [0.1, 0.15) is 0 Å². The zero-order valence-electron chi connectivity index (χ0n) is 13.1.